The van der Waals surface area contributed by atoms with Crippen molar-refractivity contribution in [3.8, 4) is 0 Å². The largest absolute Gasteiger partial charge is 0.618 e. The van der Waals surface area contributed by atoms with Gasteiger partial charge in [-0.15, -0.1) is 11.3 Å². The maximum Gasteiger partial charge on any atom is 0.271 e. The third kappa shape index (κ3) is 2.34. The van der Waals surface area contributed by atoms with E-state index in [1.54, 1.807) is 29.1 Å². The van der Waals surface area contributed by atoms with Crippen LogP contribution in [0.2, 0.25) is 0 Å². The molecule has 0 spiro atoms. The van der Waals surface area contributed by atoms with E-state index in [4.69, 9.17) is 0 Å². The monoisotopic (exact) mass is 235 g/mol. The van der Waals surface area contributed by atoms with Gasteiger partial charge in [-0.1, -0.05) is 0 Å². The molecule has 0 unspecified atom stereocenters. The van der Waals surface area contributed by atoms with Crippen LogP contribution in [0.1, 0.15) is 16.2 Å². The number of thiazole rings is 1. The van der Waals surface area contributed by atoms with Gasteiger partial charge in [-0.2, -0.15) is 4.73 Å². The predicted octanol–water partition coefficient (Wildman–Crippen LogP) is 0.707. The first-order valence-corrected chi connectivity index (χ1v) is 5.55. The molecule has 0 aliphatic heterocycles. The van der Waals surface area contributed by atoms with E-state index >= 15 is 0 Å². The normalized spacial score (nSPS) is 10.0. The summed E-state index contributed by atoms with van der Waals surface area (Å²) in [6.45, 7) is 0.195. The Balaban J connectivity index is 1.98. The molecule has 5 nitrogen and oxygen atoms in total. The number of rotatable bonds is 3. The van der Waals surface area contributed by atoms with Crippen molar-refractivity contribution in [3.05, 3.63) is 51.9 Å². The quantitative estimate of drug-likeness (QED) is 0.629. The predicted molar refractivity (Wildman–Crippen MR) is 58.7 cm³/mol. The lowest BCUT2D eigenvalue weighted by Crippen LogP contribution is -2.35. The lowest BCUT2D eigenvalue weighted by Gasteiger charge is -2.04. The number of nitrogens with one attached hydrogen (secondary N) is 1. The Morgan fingerprint density at radius 2 is 2.44 bits per heavy atom. The fourth-order valence-electron chi connectivity index (χ4n) is 1.19. The molecule has 1 N–H and O–H groups in total. The highest BCUT2D eigenvalue weighted by atomic mass is 32.1. The standard InChI is InChI=1S/C10H9N3O2S/c14-10(9-6-16-7-12-9)11-5-8-3-1-2-4-13(8)15/h1-4,6-7H,5H2,(H,11,14). The number of hydrogen-bond donors (Lipinski definition) is 1. The molecule has 6 heteroatoms. The topological polar surface area (TPSA) is 68.9 Å². The molecule has 2 aromatic heterocycles. The van der Waals surface area contributed by atoms with Gasteiger partial charge in [0.05, 0.1) is 5.51 Å². The van der Waals surface area contributed by atoms with E-state index in [0.717, 1.165) is 4.73 Å². The van der Waals surface area contributed by atoms with E-state index in [2.05, 4.69) is 10.3 Å². The minimum atomic E-state index is -0.273. The molecular weight excluding hydrogens is 226 g/mol. The summed E-state index contributed by atoms with van der Waals surface area (Å²) in [6, 6.07) is 5.05. The first-order chi connectivity index (χ1) is 7.77. The van der Waals surface area contributed by atoms with Crippen molar-refractivity contribution in [2.45, 2.75) is 6.54 Å². The molecule has 0 aliphatic carbocycles. The first kappa shape index (κ1) is 10.6. The van der Waals surface area contributed by atoms with Crippen molar-refractivity contribution in [1.29, 1.82) is 0 Å². The Kier molecular flexibility index (Phi) is 3.11. The van der Waals surface area contributed by atoms with Gasteiger partial charge >= 0.3 is 0 Å². The van der Waals surface area contributed by atoms with Crippen molar-refractivity contribution in [1.82, 2.24) is 10.3 Å². The number of pyridine rings is 1. The van der Waals surface area contributed by atoms with Crippen molar-refractivity contribution in [2.24, 2.45) is 0 Å². The molecule has 0 radical (unpaired) electrons. The minimum absolute atomic E-state index is 0.195. The van der Waals surface area contributed by atoms with Gasteiger partial charge in [0.1, 0.15) is 12.2 Å². The van der Waals surface area contributed by atoms with Gasteiger partial charge in [0.2, 0.25) is 5.69 Å². The smallest absolute Gasteiger partial charge is 0.271 e. The second-order valence-corrected chi connectivity index (χ2v) is 3.79. The zero-order valence-electron chi connectivity index (χ0n) is 8.29. The van der Waals surface area contributed by atoms with Gasteiger partial charge in [-0.25, -0.2) is 4.98 Å². The molecule has 16 heavy (non-hydrogen) atoms. The van der Waals surface area contributed by atoms with Gasteiger partial charge in [-0.3, -0.25) is 4.79 Å². The summed E-state index contributed by atoms with van der Waals surface area (Å²) in [4.78, 5) is 15.4. The number of carbonyl (C=O) groups is 1. The SMILES string of the molecule is O=C(NCc1cccc[n+]1[O-])c1cscn1. The van der Waals surface area contributed by atoms with E-state index in [1.165, 1.54) is 17.5 Å². The minimum Gasteiger partial charge on any atom is -0.618 e. The van der Waals surface area contributed by atoms with E-state index in [1.807, 2.05) is 0 Å². The molecule has 1 amide bonds. The highest BCUT2D eigenvalue weighted by molar-refractivity contribution is 7.07. The number of nitrogens with zero attached hydrogens (tertiary/aromatic N) is 2. The molecular formula is C10H9N3O2S. The van der Waals surface area contributed by atoms with Crippen LogP contribution in [0, 0.1) is 5.21 Å². The molecule has 0 saturated carbocycles. The van der Waals surface area contributed by atoms with E-state index in [-0.39, 0.29) is 12.5 Å². The van der Waals surface area contributed by atoms with Crippen LogP contribution in [-0.2, 0) is 6.54 Å². The van der Waals surface area contributed by atoms with Crippen LogP contribution in [-0.4, -0.2) is 10.9 Å². The third-order valence-electron chi connectivity index (χ3n) is 2.00. The van der Waals surface area contributed by atoms with Crippen molar-refractivity contribution >= 4 is 17.2 Å². The molecule has 0 fully saturated rings. The molecule has 0 saturated heterocycles. The molecule has 2 rings (SSSR count). The van der Waals surface area contributed by atoms with Gasteiger partial charge in [-0.05, 0) is 6.07 Å². The van der Waals surface area contributed by atoms with E-state index in [0.29, 0.717) is 11.4 Å². The fraction of sp³-hybridized carbons (Fsp3) is 0.100. The van der Waals surface area contributed by atoms with Crippen LogP contribution in [0.5, 0.6) is 0 Å². The van der Waals surface area contributed by atoms with Crippen LogP contribution in [0.25, 0.3) is 0 Å². The average Bonchev–Trinajstić information content (AvgIpc) is 2.81. The Morgan fingerprint density at radius 1 is 1.56 bits per heavy atom. The average molecular weight is 235 g/mol. The van der Waals surface area contributed by atoms with Crippen LogP contribution in [0.15, 0.2) is 35.3 Å². The lowest BCUT2D eigenvalue weighted by molar-refractivity contribution is -0.614. The molecule has 0 bridgehead atoms. The maximum atomic E-state index is 11.5. The van der Waals surface area contributed by atoms with Crippen LogP contribution >= 0.6 is 11.3 Å². The van der Waals surface area contributed by atoms with E-state index < -0.39 is 0 Å². The van der Waals surface area contributed by atoms with Gasteiger partial charge in [0.25, 0.3) is 5.91 Å². The van der Waals surface area contributed by atoms with E-state index in [9.17, 15) is 10.0 Å². The second-order valence-electron chi connectivity index (χ2n) is 3.07. The Bertz CT molecular complexity index is 485. The number of aromatic nitrogens is 2. The Hall–Kier alpha value is -1.95. The van der Waals surface area contributed by atoms with Gasteiger partial charge in [0.15, 0.2) is 6.20 Å². The number of hydrogen-bond acceptors (Lipinski definition) is 4. The van der Waals surface area contributed by atoms with Gasteiger partial charge < -0.3 is 10.5 Å². The fourth-order valence-corrected chi connectivity index (χ4v) is 1.72. The zero-order valence-corrected chi connectivity index (χ0v) is 9.11. The zero-order chi connectivity index (χ0) is 11.4. The molecule has 0 atom stereocenters. The maximum absolute atomic E-state index is 11.5. The molecule has 82 valence electrons. The molecule has 2 aromatic rings. The summed E-state index contributed by atoms with van der Waals surface area (Å²) in [5.41, 5.74) is 2.45. The van der Waals surface area contributed by atoms with Gasteiger partial charge in [0, 0.05) is 17.5 Å². The Morgan fingerprint density at radius 3 is 3.12 bits per heavy atom. The number of carbonyl (C=O) groups excluding carboxylic acids is 1. The number of amides is 1. The van der Waals surface area contributed by atoms with Crippen molar-refractivity contribution in [3.63, 3.8) is 0 Å². The highest BCUT2D eigenvalue weighted by Crippen LogP contribution is 2.00. The summed E-state index contributed by atoms with van der Waals surface area (Å²) in [7, 11) is 0. The summed E-state index contributed by atoms with van der Waals surface area (Å²) >= 11 is 1.35. The first-order valence-electron chi connectivity index (χ1n) is 4.61. The lowest BCUT2D eigenvalue weighted by atomic mass is 10.3. The van der Waals surface area contributed by atoms with Crippen LogP contribution in [0.3, 0.4) is 0 Å². The highest BCUT2D eigenvalue weighted by Gasteiger charge is 2.09. The summed E-state index contributed by atoms with van der Waals surface area (Å²) in [5, 5.41) is 15.6. The second kappa shape index (κ2) is 4.71. The molecule has 2 heterocycles. The van der Waals surface area contributed by atoms with Crippen molar-refractivity contribution in [2.75, 3.05) is 0 Å². The van der Waals surface area contributed by atoms with Crippen molar-refractivity contribution < 1.29 is 9.52 Å². The Labute approximate surface area is 96.0 Å². The van der Waals surface area contributed by atoms with Crippen LogP contribution in [0.4, 0.5) is 0 Å². The summed E-state index contributed by atoms with van der Waals surface area (Å²) < 4.78 is 0.724. The molecule has 0 aliphatic rings. The van der Waals surface area contributed by atoms with Crippen LogP contribution < -0.4 is 10.0 Å². The summed E-state index contributed by atoms with van der Waals surface area (Å²) in [5.74, 6) is -0.273. The third-order valence-corrected chi connectivity index (χ3v) is 2.59. The molecule has 0 aromatic carbocycles. The summed E-state index contributed by atoms with van der Waals surface area (Å²) in [6.07, 6.45) is 1.39.